The lowest BCUT2D eigenvalue weighted by molar-refractivity contribution is -0.120. The van der Waals surface area contributed by atoms with Crippen LogP contribution in [0.4, 0.5) is 5.69 Å². The molecule has 0 spiro atoms. The number of nitrogens with zero attached hydrogens (tertiary/aromatic N) is 1. The van der Waals surface area contributed by atoms with Crippen LogP contribution in [0.15, 0.2) is 77.7 Å². The van der Waals surface area contributed by atoms with Gasteiger partial charge >= 0.3 is 0 Å². The molecule has 0 aromatic heterocycles. The molecule has 3 aromatic rings. The Balaban J connectivity index is 1.82. The Morgan fingerprint density at radius 2 is 1.65 bits per heavy atom. The number of hydrogen-bond donors (Lipinski definition) is 1. The molecule has 0 radical (unpaired) electrons. The SMILES string of the molecule is COc1ccc(C)cc1N(CC(=O)NC(C)COc1ccccc1C)S(=O)(=O)c1ccccc1. The van der Waals surface area contributed by atoms with Crippen LogP contribution < -0.4 is 19.1 Å². The highest BCUT2D eigenvalue weighted by molar-refractivity contribution is 7.92. The number of ether oxygens (including phenoxy) is 2. The second-order valence-corrected chi connectivity index (χ2v) is 9.91. The molecule has 1 amide bonds. The molecule has 0 aliphatic rings. The van der Waals surface area contributed by atoms with Gasteiger partial charge in [-0.1, -0.05) is 42.5 Å². The van der Waals surface area contributed by atoms with Gasteiger partial charge in [0.25, 0.3) is 10.0 Å². The Kier molecular flexibility index (Phi) is 8.17. The second-order valence-electron chi connectivity index (χ2n) is 8.05. The summed E-state index contributed by atoms with van der Waals surface area (Å²) in [4.78, 5) is 13.0. The number of aryl methyl sites for hydroxylation is 2. The minimum absolute atomic E-state index is 0.0855. The van der Waals surface area contributed by atoms with Crippen molar-refractivity contribution in [2.45, 2.75) is 31.7 Å². The maximum absolute atomic E-state index is 13.5. The molecule has 0 aliphatic carbocycles. The predicted octanol–water partition coefficient (Wildman–Crippen LogP) is 4.09. The molecule has 0 heterocycles. The lowest BCUT2D eigenvalue weighted by Crippen LogP contribution is -2.45. The van der Waals surface area contributed by atoms with Crippen molar-refractivity contribution < 1.29 is 22.7 Å². The highest BCUT2D eigenvalue weighted by Gasteiger charge is 2.29. The van der Waals surface area contributed by atoms with Gasteiger partial charge in [-0.05, 0) is 62.2 Å². The van der Waals surface area contributed by atoms with E-state index in [1.807, 2.05) is 44.2 Å². The van der Waals surface area contributed by atoms with Crippen LogP contribution in [0.2, 0.25) is 0 Å². The lowest BCUT2D eigenvalue weighted by Gasteiger charge is -2.26. The third-order valence-corrected chi connectivity index (χ3v) is 6.99. The minimum Gasteiger partial charge on any atom is -0.495 e. The Morgan fingerprint density at radius 1 is 0.971 bits per heavy atom. The molecular formula is C26H30N2O5S. The summed E-state index contributed by atoms with van der Waals surface area (Å²) in [5.41, 5.74) is 2.13. The van der Waals surface area contributed by atoms with Gasteiger partial charge in [0.05, 0.1) is 23.7 Å². The van der Waals surface area contributed by atoms with Crippen LogP contribution in [0.25, 0.3) is 0 Å². The van der Waals surface area contributed by atoms with Crippen molar-refractivity contribution in [3.63, 3.8) is 0 Å². The summed E-state index contributed by atoms with van der Waals surface area (Å²) in [5, 5.41) is 2.83. The van der Waals surface area contributed by atoms with Crippen molar-refractivity contribution in [2.75, 3.05) is 24.6 Å². The Labute approximate surface area is 201 Å². The second kappa shape index (κ2) is 11.1. The summed E-state index contributed by atoms with van der Waals surface area (Å²) in [6.07, 6.45) is 0. The standard InChI is InChI=1S/C26H30N2O5S/c1-19-14-15-25(32-4)23(16-19)28(34(30,31)22-11-6-5-7-12-22)17-26(29)27-21(3)18-33-24-13-9-8-10-20(24)2/h5-16,21H,17-18H2,1-4H3,(H,27,29). The van der Waals surface area contributed by atoms with E-state index in [1.54, 1.807) is 37.3 Å². The molecule has 8 heteroatoms. The Morgan fingerprint density at radius 3 is 2.32 bits per heavy atom. The molecule has 0 saturated carbocycles. The highest BCUT2D eigenvalue weighted by Crippen LogP contribution is 2.33. The van der Waals surface area contributed by atoms with Gasteiger partial charge in [0.1, 0.15) is 24.7 Å². The number of rotatable bonds is 10. The number of sulfonamides is 1. The molecule has 1 atom stereocenters. The van der Waals surface area contributed by atoms with E-state index in [9.17, 15) is 13.2 Å². The smallest absolute Gasteiger partial charge is 0.264 e. The molecule has 3 aromatic carbocycles. The monoisotopic (exact) mass is 482 g/mol. The summed E-state index contributed by atoms with van der Waals surface area (Å²) in [7, 11) is -2.57. The summed E-state index contributed by atoms with van der Waals surface area (Å²) in [5.74, 6) is 0.638. The first-order chi connectivity index (χ1) is 16.2. The van der Waals surface area contributed by atoms with Crippen LogP contribution in [-0.2, 0) is 14.8 Å². The fourth-order valence-electron chi connectivity index (χ4n) is 3.44. The first-order valence-electron chi connectivity index (χ1n) is 10.9. The normalized spacial score (nSPS) is 12.0. The van der Waals surface area contributed by atoms with Crippen LogP contribution in [0.5, 0.6) is 11.5 Å². The molecule has 180 valence electrons. The zero-order chi connectivity index (χ0) is 24.7. The van der Waals surface area contributed by atoms with Crippen LogP contribution in [0, 0.1) is 13.8 Å². The van der Waals surface area contributed by atoms with E-state index in [1.165, 1.54) is 19.2 Å². The number of benzene rings is 3. The van der Waals surface area contributed by atoms with Gasteiger partial charge < -0.3 is 14.8 Å². The van der Waals surface area contributed by atoms with E-state index >= 15 is 0 Å². The Hall–Kier alpha value is -3.52. The van der Waals surface area contributed by atoms with E-state index in [0.717, 1.165) is 21.2 Å². The van der Waals surface area contributed by atoms with E-state index in [4.69, 9.17) is 9.47 Å². The van der Waals surface area contributed by atoms with Crippen LogP contribution in [-0.4, -0.2) is 40.6 Å². The topological polar surface area (TPSA) is 84.9 Å². The van der Waals surface area contributed by atoms with Gasteiger partial charge in [-0.3, -0.25) is 9.10 Å². The van der Waals surface area contributed by atoms with Crippen molar-refractivity contribution in [1.82, 2.24) is 5.32 Å². The molecule has 1 unspecified atom stereocenters. The molecule has 0 bridgehead atoms. The number of carbonyl (C=O) groups is 1. The van der Waals surface area contributed by atoms with Crippen LogP contribution in [0.3, 0.4) is 0 Å². The molecule has 7 nitrogen and oxygen atoms in total. The lowest BCUT2D eigenvalue weighted by atomic mass is 10.2. The summed E-state index contributed by atoms with van der Waals surface area (Å²) < 4.78 is 39.4. The first-order valence-corrected chi connectivity index (χ1v) is 12.4. The van der Waals surface area contributed by atoms with Gasteiger partial charge in [-0.25, -0.2) is 8.42 Å². The maximum atomic E-state index is 13.5. The van der Waals surface area contributed by atoms with Gasteiger partial charge in [0.15, 0.2) is 0 Å². The molecule has 1 N–H and O–H groups in total. The fourth-order valence-corrected chi connectivity index (χ4v) is 4.88. The zero-order valence-electron chi connectivity index (χ0n) is 19.8. The summed E-state index contributed by atoms with van der Waals surface area (Å²) in [6.45, 7) is 5.43. The minimum atomic E-state index is -4.03. The third kappa shape index (κ3) is 6.08. The number of methoxy groups -OCH3 is 1. The number of nitrogens with one attached hydrogen (secondary N) is 1. The summed E-state index contributed by atoms with van der Waals surface area (Å²) in [6, 6.07) is 20.5. The largest absolute Gasteiger partial charge is 0.495 e. The quantitative estimate of drug-likeness (QED) is 0.471. The average molecular weight is 483 g/mol. The van der Waals surface area contributed by atoms with E-state index in [-0.39, 0.29) is 17.5 Å². The van der Waals surface area contributed by atoms with Crippen molar-refractivity contribution >= 4 is 21.6 Å². The van der Waals surface area contributed by atoms with Gasteiger partial charge in [0, 0.05) is 0 Å². The molecule has 0 aliphatic heterocycles. The fraction of sp³-hybridized carbons (Fsp3) is 0.269. The van der Waals surface area contributed by atoms with Gasteiger partial charge in [0.2, 0.25) is 5.91 Å². The molecule has 0 saturated heterocycles. The maximum Gasteiger partial charge on any atom is 0.264 e. The van der Waals surface area contributed by atoms with Crippen molar-refractivity contribution in [2.24, 2.45) is 0 Å². The van der Waals surface area contributed by atoms with Gasteiger partial charge in [-0.2, -0.15) is 0 Å². The van der Waals surface area contributed by atoms with E-state index in [2.05, 4.69) is 5.32 Å². The molecule has 3 rings (SSSR count). The van der Waals surface area contributed by atoms with Crippen LogP contribution >= 0.6 is 0 Å². The average Bonchev–Trinajstić information content (AvgIpc) is 2.82. The van der Waals surface area contributed by atoms with Crippen LogP contribution in [0.1, 0.15) is 18.1 Å². The molecule has 34 heavy (non-hydrogen) atoms. The number of amides is 1. The summed E-state index contributed by atoms with van der Waals surface area (Å²) >= 11 is 0. The number of hydrogen-bond acceptors (Lipinski definition) is 5. The molecule has 0 fully saturated rings. The van der Waals surface area contributed by atoms with Crippen molar-refractivity contribution in [3.8, 4) is 11.5 Å². The zero-order valence-corrected chi connectivity index (χ0v) is 20.6. The Bertz CT molecular complexity index is 1230. The first kappa shape index (κ1) is 25.1. The number of carbonyl (C=O) groups excluding carboxylic acids is 1. The highest BCUT2D eigenvalue weighted by atomic mass is 32.2. The van der Waals surface area contributed by atoms with E-state index < -0.39 is 22.5 Å². The van der Waals surface area contributed by atoms with Crippen molar-refractivity contribution in [1.29, 1.82) is 0 Å². The molecular weight excluding hydrogens is 452 g/mol. The number of para-hydroxylation sites is 1. The third-order valence-electron chi connectivity index (χ3n) is 5.21. The van der Waals surface area contributed by atoms with E-state index in [0.29, 0.717) is 11.4 Å². The number of anilines is 1. The van der Waals surface area contributed by atoms with Crippen molar-refractivity contribution in [3.05, 3.63) is 83.9 Å². The predicted molar refractivity (Wildman–Crippen MR) is 133 cm³/mol. The van der Waals surface area contributed by atoms with Gasteiger partial charge in [-0.15, -0.1) is 0 Å².